The molecule has 1 saturated carbocycles. The predicted octanol–water partition coefficient (Wildman–Crippen LogP) is 2.84. The molecule has 1 spiro atoms. The SMILES string of the molecule is OC1CSCC1C1CCOC2(CCCCC2)C1. The van der Waals surface area contributed by atoms with Gasteiger partial charge < -0.3 is 9.84 Å². The molecule has 0 radical (unpaired) electrons. The average molecular weight is 256 g/mol. The van der Waals surface area contributed by atoms with Crippen molar-refractivity contribution in [2.24, 2.45) is 11.8 Å². The number of thioether (sulfide) groups is 1. The molecular formula is C14H24O2S. The van der Waals surface area contributed by atoms with Gasteiger partial charge in [-0.3, -0.25) is 0 Å². The maximum absolute atomic E-state index is 10.1. The number of aliphatic hydroxyl groups excluding tert-OH is 1. The Morgan fingerprint density at radius 3 is 2.65 bits per heavy atom. The normalized spacial score (nSPS) is 41.8. The average Bonchev–Trinajstić information content (AvgIpc) is 2.77. The molecule has 0 aromatic carbocycles. The Morgan fingerprint density at radius 2 is 1.94 bits per heavy atom. The van der Waals surface area contributed by atoms with Gasteiger partial charge in [-0.15, -0.1) is 0 Å². The predicted molar refractivity (Wildman–Crippen MR) is 71.3 cm³/mol. The van der Waals surface area contributed by atoms with Crippen LogP contribution in [0, 0.1) is 11.8 Å². The molecule has 0 bridgehead atoms. The van der Waals surface area contributed by atoms with Gasteiger partial charge in [-0.2, -0.15) is 11.8 Å². The van der Waals surface area contributed by atoms with Gasteiger partial charge in [-0.1, -0.05) is 19.3 Å². The third kappa shape index (κ3) is 2.52. The number of aliphatic hydroxyl groups is 1. The molecule has 1 N–H and O–H groups in total. The largest absolute Gasteiger partial charge is 0.392 e. The molecule has 3 unspecified atom stereocenters. The summed E-state index contributed by atoms with van der Waals surface area (Å²) < 4.78 is 6.14. The van der Waals surface area contributed by atoms with Gasteiger partial charge in [0.15, 0.2) is 0 Å². The third-order valence-corrected chi connectivity index (χ3v) is 6.19. The van der Waals surface area contributed by atoms with Crippen LogP contribution < -0.4 is 0 Å². The quantitative estimate of drug-likeness (QED) is 0.782. The van der Waals surface area contributed by atoms with E-state index >= 15 is 0 Å². The van der Waals surface area contributed by atoms with E-state index in [0.29, 0.717) is 11.8 Å². The molecule has 0 aromatic rings. The van der Waals surface area contributed by atoms with E-state index in [1.807, 2.05) is 11.8 Å². The van der Waals surface area contributed by atoms with Gasteiger partial charge in [0.1, 0.15) is 0 Å². The highest BCUT2D eigenvalue weighted by molar-refractivity contribution is 7.99. The van der Waals surface area contributed by atoms with Crippen LogP contribution in [0.15, 0.2) is 0 Å². The second-order valence-corrected chi connectivity index (χ2v) is 7.19. The zero-order valence-corrected chi connectivity index (χ0v) is 11.4. The van der Waals surface area contributed by atoms with Crippen molar-refractivity contribution in [2.45, 2.75) is 56.7 Å². The van der Waals surface area contributed by atoms with Crippen molar-refractivity contribution in [3.63, 3.8) is 0 Å². The zero-order valence-electron chi connectivity index (χ0n) is 10.6. The molecule has 3 fully saturated rings. The second-order valence-electron chi connectivity index (χ2n) is 6.11. The molecule has 2 aliphatic heterocycles. The van der Waals surface area contributed by atoms with E-state index in [4.69, 9.17) is 4.74 Å². The fraction of sp³-hybridized carbons (Fsp3) is 1.00. The van der Waals surface area contributed by atoms with Crippen LogP contribution in [0.1, 0.15) is 44.9 Å². The van der Waals surface area contributed by atoms with Crippen molar-refractivity contribution >= 4 is 11.8 Å². The van der Waals surface area contributed by atoms with Crippen molar-refractivity contribution < 1.29 is 9.84 Å². The summed E-state index contributed by atoms with van der Waals surface area (Å²) in [6, 6.07) is 0. The van der Waals surface area contributed by atoms with Crippen LogP contribution in [-0.2, 0) is 4.74 Å². The number of hydrogen-bond donors (Lipinski definition) is 1. The van der Waals surface area contributed by atoms with Crippen molar-refractivity contribution in [1.29, 1.82) is 0 Å². The highest BCUT2D eigenvalue weighted by Crippen LogP contribution is 2.45. The van der Waals surface area contributed by atoms with Crippen LogP contribution in [0.2, 0.25) is 0 Å². The Balaban J connectivity index is 1.66. The molecular weight excluding hydrogens is 232 g/mol. The minimum absolute atomic E-state index is 0.0521. The minimum Gasteiger partial charge on any atom is -0.392 e. The maximum atomic E-state index is 10.1. The summed E-state index contributed by atoms with van der Waals surface area (Å²) in [6.45, 7) is 0.929. The van der Waals surface area contributed by atoms with E-state index in [0.717, 1.165) is 12.4 Å². The minimum atomic E-state index is -0.0521. The summed E-state index contributed by atoms with van der Waals surface area (Å²) in [5, 5.41) is 10.1. The molecule has 3 heteroatoms. The van der Waals surface area contributed by atoms with Crippen LogP contribution in [-0.4, -0.2) is 34.9 Å². The van der Waals surface area contributed by atoms with Crippen molar-refractivity contribution in [3.05, 3.63) is 0 Å². The molecule has 2 heterocycles. The summed E-state index contributed by atoms with van der Waals surface area (Å²) in [6.07, 6.45) is 8.93. The van der Waals surface area contributed by atoms with Crippen LogP contribution in [0.25, 0.3) is 0 Å². The second kappa shape index (κ2) is 5.10. The van der Waals surface area contributed by atoms with E-state index < -0.39 is 0 Å². The van der Waals surface area contributed by atoms with E-state index in [-0.39, 0.29) is 11.7 Å². The summed E-state index contributed by atoms with van der Waals surface area (Å²) in [5.41, 5.74) is 0.203. The van der Waals surface area contributed by atoms with Crippen LogP contribution >= 0.6 is 11.8 Å². The molecule has 3 atom stereocenters. The van der Waals surface area contributed by atoms with Crippen molar-refractivity contribution in [3.8, 4) is 0 Å². The number of ether oxygens (including phenoxy) is 1. The molecule has 3 aliphatic rings. The number of rotatable bonds is 1. The lowest BCUT2D eigenvalue weighted by atomic mass is 9.72. The van der Waals surface area contributed by atoms with Crippen LogP contribution in [0.4, 0.5) is 0 Å². The lowest BCUT2D eigenvalue weighted by Gasteiger charge is -2.45. The topological polar surface area (TPSA) is 29.5 Å². The summed E-state index contributed by atoms with van der Waals surface area (Å²) in [5.74, 6) is 3.38. The van der Waals surface area contributed by atoms with Crippen LogP contribution in [0.3, 0.4) is 0 Å². The Bertz CT molecular complexity index is 257. The van der Waals surface area contributed by atoms with Gasteiger partial charge in [0.25, 0.3) is 0 Å². The molecule has 0 amide bonds. The van der Waals surface area contributed by atoms with Gasteiger partial charge >= 0.3 is 0 Å². The van der Waals surface area contributed by atoms with Crippen LogP contribution in [0.5, 0.6) is 0 Å². The summed E-state index contributed by atoms with van der Waals surface area (Å²) in [7, 11) is 0. The Kier molecular flexibility index (Phi) is 3.69. The number of hydrogen-bond acceptors (Lipinski definition) is 3. The van der Waals surface area contributed by atoms with Crippen molar-refractivity contribution in [2.75, 3.05) is 18.1 Å². The molecule has 0 aromatic heterocycles. The van der Waals surface area contributed by atoms with E-state index in [9.17, 15) is 5.11 Å². The monoisotopic (exact) mass is 256 g/mol. The summed E-state index contributed by atoms with van der Waals surface area (Å²) in [4.78, 5) is 0. The van der Waals surface area contributed by atoms with Gasteiger partial charge in [0.05, 0.1) is 11.7 Å². The smallest absolute Gasteiger partial charge is 0.0685 e. The van der Waals surface area contributed by atoms with E-state index in [1.165, 1.54) is 50.7 Å². The first-order valence-corrected chi connectivity index (χ1v) is 8.34. The zero-order chi connectivity index (χ0) is 11.7. The Labute approximate surface area is 108 Å². The molecule has 3 rings (SSSR count). The Hall–Kier alpha value is 0.270. The van der Waals surface area contributed by atoms with Gasteiger partial charge in [-0.25, -0.2) is 0 Å². The Morgan fingerprint density at radius 1 is 1.12 bits per heavy atom. The summed E-state index contributed by atoms with van der Waals surface area (Å²) >= 11 is 1.93. The first-order valence-electron chi connectivity index (χ1n) is 7.19. The lowest BCUT2D eigenvalue weighted by molar-refractivity contribution is -0.128. The standard InChI is InChI=1S/C14H24O2S/c15-13-10-17-9-12(13)11-4-7-16-14(8-11)5-2-1-3-6-14/h11-13,15H,1-10H2. The fourth-order valence-electron chi connectivity index (χ4n) is 3.99. The molecule has 2 saturated heterocycles. The van der Waals surface area contributed by atoms with Gasteiger partial charge in [0.2, 0.25) is 0 Å². The molecule has 17 heavy (non-hydrogen) atoms. The third-order valence-electron chi connectivity index (χ3n) is 4.99. The van der Waals surface area contributed by atoms with Crippen molar-refractivity contribution in [1.82, 2.24) is 0 Å². The fourth-order valence-corrected chi connectivity index (χ4v) is 5.38. The molecule has 2 nitrogen and oxygen atoms in total. The first-order chi connectivity index (χ1) is 8.29. The first kappa shape index (κ1) is 12.3. The molecule has 1 aliphatic carbocycles. The highest BCUT2D eigenvalue weighted by atomic mass is 32.2. The lowest BCUT2D eigenvalue weighted by Crippen LogP contribution is -2.44. The van der Waals surface area contributed by atoms with Gasteiger partial charge in [-0.05, 0) is 43.3 Å². The van der Waals surface area contributed by atoms with E-state index in [2.05, 4.69) is 0 Å². The maximum Gasteiger partial charge on any atom is 0.0685 e. The molecule has 98 valence electrons. The van der Waals surface area contributed by atoms with E-state index in [1.54, 1.807) is 0 Å². The highest BCUT2D eigenvalue weighted by Gasteiger charge is 2.43. The van der Waals surface area contributed by atoms with Gasteiger partial charge in [0, 0.05) is 12.4 Å².